The zero-order chi connectivity index (χ0) is 22.7. The van der Waals surface area contributed by atoms with Crippen molar-refractivity contribution >= 4 is 11.9 Å². The molecule has 2 heterocycles. The van der Waals surface area contributed by atoms with Crippen LogP contribution >= 0.6 is 0 Å². The quantitative estimate of drug-likeness (QED) is 0.448. The first-order valence-electron chi connectivity index (χ1n) is 10.5. The van der Waals surface area contributed by atoms with Crippen molar-refractivity contribution in [3.05, 3.63) is 82.9 Å². The van der Waals surface area contributed by atoms with Crippen LogP contribution in [0, 0.1) is 5.41 Å². The highest BCUT2D eigenvalue weighted by Gasteiger charge is 2.53. The molecule has 0 radical (unpaired) electrons. The van der Waals surface area contributed by atoms with Gasteiger partial charge in [-0.1, -0.05) is 25.1 Å². The maximum absolute atomic E-state index is 12.8. The highest BCUT2D eigenvalue weighted by atomic mass is 16.6. The van der Waals surface area contributed by atoms with Crippen LogP contribution in [0.25, 0.3) is 0 Å². The average Bonchev–Trinajstić information content (AvgIpc) is 3.06. The Bertz CT molecular complexity index is 1280. The van der Waals surface area contributed by atoms with E-state index in [1.54, 1.807) is 36.4 Å². The minimum atomic E-state index is -1.23. The van der Waals surface area contributed by atoms with Crippen LogP contribution in [0.1, 0.15) is 54.2 Å². The summed E-state index contributed by atoms with van der Waals surface area (Å²) in [6.45, 7) is 5.58. The largest absolute Gasteiger partial charge is 0.508 e. The number of phenolic OH excluding ortho intramolecular Hbond substituents is 1. The number of hydrogen-bond acceptors (Lipinski definition) is 6. The molecule has 0 aromatic heterocycles. The molecule has 162 valence electrons. The van der Waals surface area contributed by atoms with Gasteiger partial charge >= 0.3 is 11.9 Å². The molecule has 1 spiro atoms. The minimum Gasteiger partial charge on any atom is -0.508 e. The van der Waals surface area contributed by atoms with Gasteiger partial charge in [-0.05, 0) is 50.6 Å². The molecule has 1 N–H and O–H groups in total. The summed E-state index contributed by atoms with van der Waals surface area (Å²) in [5, 5.41) is 10.0. The zero-order valence-electron chi connectivity index (χ0n) is 18.0. The summed E-state index contributed by atoms with van der Waals surface area (Å²) in [7, 11) is 0. The van der Waals surface area contributed by atoms with Crippen LogP contribution in [0.15, 0.2) is 60.7 Å². The molecule has 3 aromatic rings. The Hall–Kier alpha value is -3.80. The highest BCUT2D eigenvalue weighted by molar-refractivity contribution is 5.97. The van der Waals surface area contributed by atoms with Gasteiger partial charge in [0.05, 0.1) is 11.0 Å². The molecular weight excluding hydrogens is 408 g/mol. The number of carbonyl (C=O) groups excluding carboxylic acids is 2. The van der Waals surface area contributed by atoms with Gasteiger partial charge in [-0.3, -0.25) is 4.79 Å². The van der Waals surface area contributed by atoms with Crippen molar-refractivity contribution in [3.63, 3.8) is 0 Å². The number of carbonyl (C=O) groups is 2. The van der Waals surface area contributed by atoms with E-state index in [1.807, 2.05) is 32.9 Å². The lowest BCUT2D eigenvalue weighted by Crippen LogP contribution is -2.33. The number of esters is 2. The molecule has 2 aliphatic rings. The van der Waals surface area contributed by atoms with E-state index in [4.69, 9.17) is 14.2 Å². The van der Waals surface area contributed by atoms with E-state index in [9.17, 15) is 14.7 Å². The van der Waals surface area contributed by atoms with E-state index < -0.39 is 17.0 Å². The van der Waals surface area contributed by atoms with Gasteiger partial charge in [0.15, 0.2) is 5.60 Å². The summed E-state index contributed by atoms with van der Waals surface area (Å²) in [6, 6.07) is 17.0. The number of ether oxygens (including phenoxy) is 3. The maximum atomic E-state index is 12.8. The third kappa shape index (κ3) is 2.79. The van der Waals surface area contributed by atoms with Gasteiger partial charge in [-0.2, -0.15) is 0 Å². The third-order valence-corrected chi connectivity index (χ3v) is 6.32. The molecule has 2 aliphatic heterocycles. The molecule has 6 heteroatoms. The second-order valence-corrected chi connectivity index (χ2v) is 8.68. The normalized spacial score (nSPS) is 18.3. The molecule has 1 unspecified atom stereocenters. The molecule has 0 saturated heterocycles. The fraction of sp³-hybridized carbons (Fsp3) is 0.231. The van der Waals surface area contributed by atoms with Gasteiger partial charge in [0.25, 0.3) is 0 Å². The lowest BCUT2D eigenvalue weighted by molar-refractivity contribution is -0.144. The van der Waals surface area contributed by atoms with Crippen molar-refractivity contribution in [2.45, 2.75) is 32.8 Å². The molecule has 32 heavy (non-hydrogen) atoms. The second-order valence-electron chi connectivity index (χ2n) is 8.68. The van der Waals surface area contributed by atoms with E-state index in [2.05, 4.69) is 0 Å². The molecule has 1 atom stereocenters. The number of fused-ring (bicyclic) bond motifs is 6. The standard InChI is InChI=1S/C26H22O6/c1-4-25(2,3)24(29)30-16-10-12-20-22(14-16)31-21-13-15(27)9-11-19(21)26(20)18-8-6-5-7-17(18)23(28)32-26/h5-14,27H,4H2,1-3H3. The first-order valence-corrected chi connectivity index (χ1v) is 10.5. The predicted octanol–water partition coefficient (Wildman–Crippen LogP) is 5.30. The van der Waals surface area contributed by atoms with Crippen molar-refractivity contribution in [3.8, 4) is 23.0 Å². The van der Waals surface area contributed by atoms with Crippen molar-refractivity contribution in [1.29, 1.82) is 0 Å². The lowest BCUT2D eigenvalue weighted by atomic mass is 9.77. The first kappa shape index (κ1) is 20.1. The molecule has 0 fully saturated rings. The van der Waals surface area contributed by atoms with Crippen LogP contribution in [0.5, 0.6) is 23.0 Å². The van der Waals surface area contributed by atoms with Crippen molar-refractivity contribution in [2.24, 2.45) is 5.41 Å². The lowest BCUT2D eigenvalue weighted by Gasteiger charge is -2.36. The number of phenols is 1. The SMILES string of the molecule is CCC(C)(C)C(=O)Oc1ccc2c(c1)Oc1cc(O)ccc1C21OC(=O)c2ccccc21. The van der Waals surface area contributed by atoms with E-state index >= 15 is 0 Å². The van der Waals surface area contributed by atoms with Gasteiger partial charge in [-0.25, -0.2) is 4.79 Å². The van der Waals surface area contributed by atoms with Crippen molar-refractivity contribution in [1.82, 2.24) is 0 Å². The van der Waals surface area contributed by atoms with Crippen LogP contribution in [0.2, 0.25) is 0 Å². The van der Waals surface area contributed by atoms with Crippen LogP contribution in [0.4, 0.5) is 0 Å². The molecule has 0 amide bonds. The van der Waals surface area contributed by atoms with E-state index in [0.29, 0.717) is 45.9 Å². The molecule has 0 aliphatic carbocycles. The molecule has 0 bridgehead atoms. The van der Waals surface area contributed by atoms with Gasteiger partial charge in [-0.15, -0.1) is 0 Å². The summed E-state index contributed by atoms with van der Waals surface area (Å²) in [4.78, 5) is 25.4. The molecule has 5 rings (SSSR count). The Morgan fingerprint density at radius 1 is 1.00 bits per heavy atom. The topological polar surface area (TPSA) is 82.1 Å². The molecule has 0 saturated carbocycles. The summed E-state index contributed by atoms with van der Waals surface area (Å²) < 4.78 is 17.7. The van der Waals surface area contributed by atoms with Gasteiger partial charge < -0.3 is 19.3 Å². The second kappa shape index (κ2) is 6.85. The van der Waals surface area contributed by atoms with Crippen LogP contribution in [0.3, 0.4) is 0 Å². The van der Waals surface area contributed by atoms with E-state index in [-0.39, 0.29) is 11.7 Å². The smallest absolute Gasteiger partial charge is 0.340 e. The van der Waals surface area contributed by atoms with Crippen LogP contribution in [-0.2, 0) is 15.1 Å². The minimum absolute atomic E-state index is 0.0206. The number of benzene rings is 3. The Morgan fingerprint density at radius 3 is 2.44 bits per heavy atom. The average molecular weight is 430 g/mol. The molecular formula is C26H22O6. The maximum Gasteiger partial charge on any atom is 0.340 e. The Balaban J connectivity index is 1.68. The summed E-state index contributed by atoms with van der Waals surface area (Å²) in [5.41, 5.74) is 0.533. The summed E-state index contributed by atoms with van der Waals surface area (Å²) in [6.07, 6.45) is 0.635. The number of rotatable bonds is 3. The highest BCUT2D eigenvalue weighted by Crippen LogP contribution is 2.56. The Kier molecular flexibility index (Phi) is 4.31. The fourth-order valence-electron chi connectivity index (χ4n) is 4.10. The van der Waals surface area contributed by atoms with Gasteiger partial charge in [0.1, 0.15) is 23.0 Å². The van der Waals surface area contributed by atoms with Crippen LogP contribution < -0.4 is 9.47 Å². The molecule has 6 nitrogen and oxygen atoms in total. The third-order valence-electron chi connectivity index (χ3n) is 6.32. The van der Waals surface area contributed by atoms with Crippen molar-refractivity contribution in [2.75, 3.05) is 0 Å². The molecule has 3 aromatic carbocycles. The van der Waals surface area contributed by atoms with E-state index in [0.717, 1.165) is 0 Å². The first-order chi connectivity index (χ1) is 15.3. The van der Waals surface area contributed by atoms with E-state index in [1.165, 1.54) is 12.1 Å². The van der Waals surface area contributed by atoms with Gasteiger partial charge in [0.2, 0.25) is 0 Å². The number of aromatic hydroxyl groups is 1. The summed E-state index contributed by atoms with van der Waals surface area (Å²) in [5.74, 6) is 0.305. The van der Waals surface area contributed by atoms with Crippen molar-refractivity contribution < 1.29 is 28.9 Å². The fourth-order valence-corrected chi connectivity index (χ4v) is 4.10. The number of hydrogen-bond donors (Lipinski definition) is 1. The Morgan fingerprint density at radius 2 is 1.69 bits per heavy atom. The Labute approximate surface area is 185 Å². The zero-order valence-corrected chi connectivity index (χ0v) is 18.0. The summed E-state index contributed by atoms with van der Waals surface area (Å²) >= 11 is 0. The monoisotopic (exact) mass is 430 g/mol. The predicted molar refractivity (Wildman–Crippen MR) is 116 cm³/mol. The van der Waals surface area contributed by atoms with Gasteiger partial charge in [0, 0.05) is 28.8 Å². The van der Waals surface area contributed by atoms with Crippen LogP contribution in [-0.4, -0.2) is 17.0 Å².